The Morgan fingerprint density at radius 1 is 1.24 bits per heavy atom. The highest BCUT2D eigenvalue weighted by molar-refractivity contribution is 7.80. The van der Waals surface area contributed by atoms with E-state index >= 15 is 0 Å². The Labute approximate surface area is 128 Å². The van der Waals surface area contributed by atoms with Crippen LogP contribution in [0.25, 0.3) is 0 Å². The molecule has 3 rings (SSSR count). The average Bonchev–Trinajstić information content (AvgIpc) is 2.95. The van der Waals surface area contributed by atoms with Crippen molar-refractivity contribution in [1.82, 2.24) is 0 Å². The van der Waals surface area contributed by atoms with Gasteiger partial charge in [0.15, 0.2) is 5.78 Å². The molecule has 2 fully saturated rings. The van der Waals surface area contributed by atoms with Gasteiger partial charge in [-0.2, -0.15) is 0 Å². The summed E-state index contributed by atoms with van der Waals surface area (Å²) in [6.45, 7) is 0. The number of fused-ring (bicyclic) bond motifs is 2. The summed E-state index contributed by atoms with van der Waals surface area (Å²) < 4.78 is 27.0. The molecule has 2 aliphatic rings. The number of carbonyl (C=O) groups is 1. The number of thiocarbonyl (C=S) groups is 1. The molecule has 0 saturated heterocycles. The minimum absolute atomic E-state index is 0.0115. The van der Waals surface area contributed by atoms with E-state index in [0.29, 0.717) is 29.7 Å². The van der Waals surface area contributed by atoms with Crippen molar-refractivity contribution in [2.24, 2.45) is 17.8 Å². The predicted molar refractivity (Wildman–Crippen MR) is 81.9 cm³/mol. The first-order valence-corrected chi connectivity index (χ1v) is 7.84. The molecule has 21 heavy (non-hydrogen) atoms. The lowest BCUT2D eigenvalue weighted by molar-refractivity contribution is -0.0604. The standard InChI is InChI=1S/C17H18F2OS/c18-17(19)10-13-7-14(17)6-12(13)8-15(21)9-16(20)11-4-2-1-3-5-11/h1-5,12-14H,6-10H2/t12-,13-,14+/m1/s1. The zero-order valence-corrected chi connectivity index (χ0v) is 12.5. The molecule has 0 aromatic heterocycles. The van der Waals surface area contributed by atoms with Crippen molar-refractivity contribution in [2.45, 2.75) is 38.0 Å². The second-order valence-electron chi connectivity index (χ2n) is 6.36. The van der Waals surface area contributed by atoms with Crippen LogP contribution in [0.15, 0.2) is 30.3 Å². The summed E-state index contributed by atoms with van der Waals surface area (Å²) in [6, 6.07) is 9.08. The number of carbonyl (C=O) groups excluding carboxylic acids is 1. The van der Waals surface area contributed by atoms with Crippen LogP contribution in [0.1, 0.15) is 42.5 Å². The van der Waals surface area contributed by atoms with Gasteiger partial charge < -0.3 is 0 Å². The normalized spacial score (nSPS) is 29.5. The number of benzene rings is 1. The second-order valence-corrected chi connectivity index (χ2v) is 6.94. The van der Waals surface area contributed by atoms with Crippen LogP contribution < -0.4 is 0 Å². The molecule has 0 unspecified atom stereocenters. The molecule has 1 nitrogen and oxygen atoms in total. The van der Waals surface area contributed by atoms with E-state index in [1.165, 1.54) is 0 Å². The van der Waals surface area contributed by atoms with Gasteiger partial charge in [-0.3, -0.25) is 4.79 Å². The average molecular weight is 308 g/mol. The topological polar surface area (TPSA) is 17.1 Å². The molecule has 0 aliphatic heterocycles. The largest absolute Gasteiger partial charge is 0.294 e. The van der Waals surface area contributed by atoms with Gasteiger partial charge in [-0.25, -0.2) is 8.78 Å². The number of hydrogen-bond acceptors (Lipinski definition) is 2. The minimum Gasteiger partial charge on any atom is -0.294 e. The first-order valence-electron chi connectivity index (χ1n) is 7.43. The summed E-state index contributed by atoms with van der Waals surface area (Å²) in [4.78, 5) is 12.8. The molecule has 0 amide bonds. The molecule has 2 aliphatic carbocycles. The Morgan fingerprint density at radius 2 is 1.95 bits per heavy atom. The molecular weight excluding hydrogens is 290 g/mol. The zero-order chi connectivity index (χ0) is 15.0. The molecule has 0 heterocycles. The van der Waals surface area contributed by atoms with Crippen LogP contribution in [0, 0.1) is 17.8 Å². The van der Waals surface area contributed by atoms with E-state index in [-0.39, 0.29) is 30.5 Å². The van der Waals surface area contributed by atoms with E-state index in [4.69, 9.17) is 12.2 Å². The molecule has 4 heteroatoms. The Balaban J connectivity index is 1.53. The third-order valence-corrected chi connectivity index (χ3v) is 5.23. The Hall–Kier alpha value is -1.16. The summed E-state index contributed by atoms with van der Waals surface area (Å²) in [5.74, 6) is -2.56. The molecule has 3 atom stereocenters. The van der Waals surface area contributed by atoms with Gasteiger partial charge >= 0.3 is 0 Å². The van der Waals surface area contributed by atoms with E-state index in [1.807, 2.05) is 18.2 Å². The van der Waals surface area contributed by atoms with E-state index in [9.17, 15) is 13.6 Å². The van der Waals surface area contributed by atoms with Crippen molar-refractivity contribution in [3.05, 3.63) is 35.9 Å². The molecule has 0 N–H and O–H groups in total. The lowest BCUT2D eigenvalue weighted by Gasteiger charge is -2.27. The van der Waals surface area contributed by atoms with Gasteiger partial charge in [0.1, 0.15) is 0 Å². The number of Topliss-reactive ketones (excluding diaryl/α,β-unsaturated/α-hetero) is 1. The quantitative estimate of drug-likeness (QED) is 0.579. The zero-order valence-electron chi connectivity index (χ0n) is 11.7. The highest BCUT2D eigenvalue weighted by atomic mass is 32.1. The Kier molecular flexibility index (Phi) is 3.91. The molecular formula is C17H18F2OS. The van der Waals surface area contributed by atoms with Crippen molar-refractivity contribution in [1.29, 1.82) is 0 Å². The van der Waals surface area contributed by atoms with Gasteiger partial charge in [0.25, 0.3) is 5.92 Å². The first-order chi connectivity index (χ1) is 9.95. The number of halogens is 2. The second kappa shape index (κ2) is 5.56. The monoisotopic (exact) mass is 308 g/mol. The molecule has 2 bridgehead atoms. The fourth-order valence-corrected chi connectivity index (χ4v) is 4.19. The van der Waals surface area contributed by atoms with Crippen LogP contribution >= 0.6 is 12.2 Å². The predicted octanol–water partition coefficient (Wildman–Crippen LogP) is 4.70. The van der Waals surface area contributed by atoms with E-state index in [1.54, 1.807) is 12.1 Å². The maximum atomic E-state index is 13.5. The van der Waals surface area contributed by atoms with Crippen molar-refractivity contribution in [2.75, 3.05) is 0 Å². The third kappa shape index (κ3) is 3.05. The van der Waals surface area contributed by atoms with Crippen LogP contribution in [0.5, 0.6) is 0 Å². The van der Waals surface area contributed by atoms with Crippen LogP contribution in [0.3, 0.4) is 0 Å². The van der Waals surface area contributed by atoms with Gasteiger partial charge in [-0.05, 0) is 31.1 Å². The molecule has 2 saturated carbocycles. The highest BCUT2D eigenvalue weighted by Gasteiger charge is 2.56. The third-order valence-electron chi connectivity index (χ3n) is 4.92. The van der Waals surface area contributed by atoms with Crippen LogP contribution in [-0.4, -0.2) is 16.6 Å². The van der Waals surface area contributed by atoms with Gasteiger partial charge in [0.05, 0.1) is 0 Å². The highest BCUT2D eigenvalue weighted by Crippen LogP contribution is 2.57. The summed E-state index contributed by atoms with van der Waals surface area (Å²) in [6.07, 6.45) is 2.11. The fourth-order valence-electron chi connectivity index (χ4n) is 3.84. The molecule has 0 spiro atoms. The SMILES string of the molecule is O=C(CC(=S)C[C@H]1C[C@H]2C[C@@H]1CC2(F)F)c1ccccc1. The Morgan fingerprint density at radius 3 is 2.52 bits per heavy atom. The first kappa shape index (κ1) is 14.8. The fraction of sp³-hybridized carbons (Fsp3) is 0.529. The number of hydrogen-bond donors (Lipinski definition) is 0. The van der Waals surface area contributed by atoms with Gasteiger partial charge in [-0.1, -0.05) is 42.5 Å². The van der Waals surface area contributed by atoms with Gasteiger partial charge in [0, 0.05) is 29.2 Å². The lowest BCUT2D eigenvalue weighted by Crippen LogP contribution is -2.29. The van der Waals surface area contributed by atoms with Crippen molar-refractivity contribution < 1.29 is 13.6 Å². The molecule has 112 valence electrons. The number of alkyl halides is 2. The maximum absolute atomic E-state index is 13.5. The van der Waals surface area contributed by atoms with Crippen LogP contribution in [0.4, 0.5) is 8.78 Å². The number of rotatable bonds is 5. The maximum Gasteiger partial charge on any atom is 0.251 e. The van der Waals surface area contributed by atoms with Crippen molar-refractivity contribution >= 4 is 22.9 Å². The van der Waals surface area contributed by atoms with Gasteiger partial charge in [0.2, 0.25) is 0 Å². The van der Waals surface area contributed by atoms with Gasteiger partial charge in [-0.15, -0.1) is 0 Å². The molecule has 0 radical (unpaired) electrons. The Bertz CT molecular complexity index is 555. The van der Waals surface area contributed by atoms with E-state index in [0.717, 1.165) is 0 Å². The summed E-state index contributed by atoms with van der Waals surface area (Å²) in [5.41, 5.74) is 0.666. The van der Waals surface area contributed by atoms with Crippen molar-refractivity contribution in [3.8, 4) is 0 Å². The summed E-state index contributed by atoms with van der Waals surface area (Å²) in [7, 11) is 0. The van der Waals surface area contributed by atoms with E-state index < -0.39 is 11.8 Å². The van der Waals surface area contributed by atoms with Crippen LogP contribution in [-0.2, 0) is 0 Å². The lowest BCUT2D eigenvalue weighted by atomic mass is 9.83. The summed E-state index contributed by atoms with van der Waals surface area (Å²) in [5, 5.41) is 0. The number of ketones is 1. The molecule has 1 aromatic carbocycles. The smallest absolute Gasteiger partial charge is 0.251 e. The van der Waals surface area contributed by atoms with Crippen LogP contribution in [0.2, 0.25) is 0 Å². The van der Waals surface area contributed by atoms with E-state index in [2.05, 4.69) is 0 Å². The minimum atomic E-state index is -2.47. The summed E-state index contributed by atoms with van der Waals surface area (Å²) >= 11 is 5.33. The molecule has 1 aromatic rings. The van der Waals surface area contributed by atoms with Crippen molar-refractivity contribution in [3.63, 3.8) is 0 Å².